The van der Waals surface area contributed by atoms with E-state index in [1.807, 2.05) is 12.1 Å². The molecule has 94 valence electrons. The summed E-state index contributed by atoms with van der Waals surface area (Å²) in [5.41, 5.74) is 1.90. The predicted molar refractivity (Wildman–Crippen MR) is 72.3 cm³/mol. The Hall–Kier alpha value is -1.42. The smallest absolute Gasteiger partial charge is 0.339 e. The Kier molecular flexibility index (Phi) is 3.97. The van der Waals surface area contributed by atoms with E-state index in [0.29, 0.717) is 22.0 Å². The van der Waals surface area contributed by atoms with Gasteiger partial charge in [-0.1, -0.05) is 18.2 Å². The zero-order valence-electron chi connectivity index (χ0n) is 10.0. The summed E-state index contributed by atoms with van der Waals surface area (Å²) < 4.78 is 5.34. The highest BCUT2D eigenvalue weighted by molar-refractivity contribution is 9.10. The number of hydrogen-bond donors (Lipinski definition) is 0. The Labute approximate surface area is 114 Å². The summed E-state index contributed by atoms with van der Waals surface area (Å²) in [7, 11) is 1.34. The molecule has 0 unspecified atom stereocenters. The molecule has 0 saturated heterocycles. The normalized spacial score (nSPS) is 15.2. The van der Waals surface area contributed by atoms with Crippen molar-refractivity contribution in [2.75, 3.05) is 7.11 Å². The van der Waals surface area contributed by atoms with Crippen molar-refractivity contribution in [2.24, 2.45) is 0 Å². The molecule has 0 N–H and O–H groups in total. The van der Waals surface area contributed by atoms with Gasteiger partial charge in [-0.25, -0.2) is 4.79 Å². The number of esters is 1. The molecule has 0 amide bonds. The zero-order chi connectivity index (χ0) is 13.1. The number of rotatable bonds is 2. The molecule has 1 aromatic carbocycles. The number of hydrogen-bond acceptors (Lipinski definition) is 3. The third-order valence-corrected chi connectivity index (χ3v) is 3.81. The van der Waals surface area contributed by atoms with Crippen molar-refractivity contribution < 1.29 is 14.3 Å². The van der Waals surface area contributed by atoms with Crippen LogP contribution in [0.5, 0.6) is 0 Å². The molecule has 0 fully saturated rings. The SMILES string of the molecule is COC(=O)c1cccc(C2=CCCCC2=O)c1Br. The molecule has 3 nitrogen and oxygen atoms in total. The van der Waals surface area contributed by atoms with Crippen molar-refractivity contribution in [3.63, 3.8) is 0 Å². The maximum Gasteiger partial charge on any atom is 0.339 e. The van der Waals surface area contributed by atoms with Gasteiger partial charge < -0.3 is 4.74 Å². The number of carbonyl (C=O) groups excluding carboxylic acids is 2. The summed E-state index contributed by atoms with van der Waals surface area (Å²) in [5.74, 6) is -0.281. The minimum absolute atomic E-state index is 0.129. The van der Waals surface area contributed by atoms with Crippen LogP contribution >= 0.6 is 15.9 Å². The minimum atomic E-state index is -0.410. The van der Waals surface area contributed by atoms with Crippen LogP contribution in [0.4, 0.5) is 0 Å². The Morgan fingerprint density at radius 3 is 2.83 bits per heavy atom. The van der Waals surface area contributed by atoms with Crippen LogP contribution in [0.3, 0.4) is 0 Å². The van der Waals surface area contributed by atoms with E-state index in [1.54, 1.807) is 12.1 Å². The van der Waals surface area contributed by atoms with Gasteiger partial charge >= 0.3 is 5.97 Å². The molecule has 0 aliphatic heterocycles. The molecule has 2 rings (SSSR count). The molecule has 0 atom stereocenters. The average molecular weight is 309 g/mol. The lowest BCUT2D eigenvalue weighted by atomic mass is 9.91. The molecule has 1 aromatic rings. The summed E-state index contributed by atoms with van der Waals surface area (Å²) in [4.78, 5) is 23.5. The second-order valence-electron chi connectivity index (χ2n) is 4.09. The number of halogens is 1. The van der Waals surface area contributed by atoms with Crippen molar-refractivity contribution in [3.05, 3.63) is 39.9 Å². The molecule has 0 aromatic heterocycles. The Morgan fingerprint density at radius 2 is 2.17 bits per heavy atom. The molecular formula is C14H13BrO3. The highest BCUT2D eigenvalue weighted by Gasteiger charge is 2.20. The molecule has 0 saturated carbocycles. The molecule has 1 aliphatic rings. The monoisotopic (exact) mass is 308 g/mol. The molecule has 0 bridgehead atoms. The van der Waals surface area contributed by atoms with Crippen LogP contribution in [0.15, 0.2) is 28.7 Å². The van der Waals surface area contributed by atoms with Crippen LogP contribution in [-0.4, -0.2) is 18.9 Å². The molecule has 18 heavy (non-hydrogen) atoms. The number of ether oxygens (including phenoxy) is 1. The predicted octanol–water partition coefficient (Wildman–Crippen LogP) is 3.37. The van der Waals surface area contributed by atoms with Gasteiger partial charge in [-0.05, 0) is 40.4 Å². The number of carbonyl (C=O) groups is 2. The molecule has 0 radical (unpaired) electrons. The zero-order valence-corrected chi connectivity index (χ0v) is 11.6. The Balaban J connectivity index is 2.49. The number of Topliss-reactive ketones (excluding diaryl/α,β-unsaturated/α-hetero) is 1. The lowest BCUT2D eigenvalue weighted by molar-refractivity contribution is -0.114. The van der Waals surface area contributed by atoms with Crippen LogP contribution < -0.4 is 0 Å². The minimum Gasteiger partial charge on any atom is -0.465 e. The Morgan fingerprint density at radius 1 is 1.39 bits per heavy atom. The summed E-state index contributed by atoms with van der Waals surface area (Å²) in [6, 6.07) is 5.27. The number of ketones is 1. The first-order valence-electron chi connectivity index (χ1n) is 5.75. The maximum absolute atomic E-state index is 11.9. The number of benzene rings is 1. The van der Waals surface area contributed by atoms with Gasteiger partial charge in [0.15, 0.2) is 5.78 Å². The van der Waals surface area contributed by atoms with Gasteiger partial charge in [0.25, 0.3) is 0 Å². The van der Waals surface area contributed by atoms with E-state index in [2.05, 4.69) is 15.9 Å². The van der Waals surface area contributed by atoms with Gasteiger partial charge in [-0.3, -0.25) is 4.79 Å². The lowest BCUT2D eigenvalue weighted by Gasteiger charge is -2.14. The van der Waals surface area contributed by atoms with Crippen molar-refractivity contribution in [2.45, 2.75) is 19.3 Å². The van der Waals surface area contributed by atoms with Gasteiger partial charge in [0.05, 0.1) is 12.7 Å². The largest absolute Gasteiger partial charge is 0.465 e. The van der Waals surface area contributed by atoms with Crippen LogP contribution in [0.25, 0.3) is 5.57 Å². The Bertz CT molecular complexity index is 532. The lowest BCUT2D eigenvalue weighted by Crippen LogP contribution is -2.09. The molecule has 0 spiro atoms. The van der Waals surface area contributed by atoms with E-state index >= 15 is 0 Å². The fourth-order valence-electron chi connectivity index (χ4n) is 2.03. The standard InChI is InChI=1S/C14H13BrO3/c1-18-14(17)11-7-4-6-10(13(11)15)9-5-2-3-8-12(9)16/h4-7H,2-3,8H2,1H3. The first-order chi connectivity index (χ1) is 8.65. The highest BCUT2D eigenvalue weighted by atomic mass is 79.9. The summed E-state index contributed by atoms with van der Waals surface area (Å²) in [6.45, 7) is 0. The van der Waals surface area contributed by atoms with E-state index in [0.717, 1.165) is 18.4 Å². The first kappa shape index (κ1) is 13.0. The van der Waals surface area contributed by atoms with Crippen molar-refractivity contribution >= 4 is 33.3 Å². The second-order valence-corrected chi connectivity index (χ2v) is 4.88. The number of methoxy groups -OCH3 is 1. The van der Waals surface area contributed by atoms with Gasteiger partial charge in [0.2, 0.25) is 0 Å². The number of allylic oxidation sites excluding steroid dienone is 2. The van der Waals surface area contributed by atoms with E-state index in [4.69, 9.17) is 4.74 Å². The van der Waals surface area contributed by atoms with Crippen LogP contribution in [0.1, 0.15) is 35.2 Å². The topological polar surface area (TPSA) is 43.4 Å². The third-order valence-electron chi connectivity index (χ3n) is 2.95. The van der Waals surface area contributed by atoms with Crippen molar-refractivity contribution in [1.82, 2.24) is 0 Å². The van der Waals surface area contributed by atoms with E-state index in [1.165, 1.54) is 7.11 Å². The van der Waals surface area contributed by atoms with Crippen molar-refractivity contribution in [1.29, 1.82) is 0 Å². The third kappa shape index (κ3) is 2.38. The summed E-state index contributed by atoms with van der Waals surface area (Å²) in [5, 5.41) is 0. The van der Waals surface area contributed by atoms with Gasteiger partial charge in [0, 0.05) is 16.5 Å². The fourth-order valence-corrected chi connectivity index (χ4v) is 2.67. The van der Waals surface area contributed by atoms with Gasteiger partial charge in [-0.15, -0.1) is 0 Å². The molecule has 1 aliphatic carbocycles. The van der Waals surface area contributed by atoms with E-state index < -0.39 is 5.97 Å². The highest BCUT2D eigenvalue weighted by Crippen LogP contribution is 2.32. The molecular weight excluding hydrogens is 296 g/mol. The van der Waals surface area contributed by atoms with Gasteiger partial charge in [0.1, 0.15) is 0 Å². The second kappa shape index (κ2) is 5.48. The molecule has 4 heteroatoms. The van der Waals surface area contributed by atoms with Crippen LogP contribution in [0.2, 0.25) is 0 Å². The molecule has 0 heterocycles. The van der Waals surface area contributed by atoms with E-state index in [-0.39, 0.29) is 5.78 Å². The van der Waals surface area contributed by atoms with Crippen molar-refractivity contribution in [3.8, 4) is 0 Å². The summed E-state index contributed by atoms with van der Waals surface area (Å²) in [6.07, 6.45) is 4.31. The quantitative estimate of drug-likeness (QED) is 0.787. The van der Waals surface area contributed by atoms with Crippen LogP contribution in [-0.2, 0) is 9.53 Å². The summed E-state index contributed by atoms with van der Waals surface area (Å²) >= 11 is 3.39. The van der Waals surface area contributed by atoms with Crippen LogP contribution in [0, 0.1) is 0 Å². The maximum atomic E-state index is 11.9. The fraction of sp³-hybridized carbons (Fsp3) is 0.286. The van der Waals surface area contributed by atoms with E-state index in [9.17, 15) is 9.59 Å². The first-order valence-corrected chi connectivity index (χ1v) is 6.55. The average Bonchev–Trinajstić information content (AvgIpc) is 2.39. The van der Waals surface area contributed by atoms with Gasteiger partial charge in [-0.2, -0.15) is 0 Å².